The molecule has 0 bridgehead atoms. The summed E-state index contributed by atoms with van der Waals surface area (Å²) in [5.41, 5.74) is -0.344. The molecule has 1 unspecified atom stereocenters. The number of rotatable bonds is 3. The van der Waals surface area contributed by atoms with E-state index in [0.29, 0.717) is 5.00 Å². The molecule has 0 aliphatic rings. The van der Waals surface area contributed by atoms with E-state index in [1.807, 2.05) is 30.2 Å². The van der Waals surface area contributed by atoms with Crippen LogP contribution in [0, 0.1) is 5.21 Å². The monoisotopic (exact) mass is 150 g/mol. The van der Waals surface area contributed by atoms with Gasteiger partial charge in [-0.15, -0.1) is 0 Å². The highest BCUT2D eigenvalue weighted by Crippen LogP contribution is 2.16. The highest BCUT2D eigenvalue weighted by molar-refractivity contribution is 7.13. The molecule has 4 heteroatoms. The summed E-state index contributed by atoms with van der Waals surface area (Å²) >= 11 is 0. The Balaban J connectivity index is 3.58. The molecule has 0 N–H and O–H groups in total. The summed E-state index contributed by atoms with van der Waals surface area (Å²) in [5, 5.41) is 10.3. The standard InChI is InChI=1S/C5H13NO2P/c1-4-5(2,3)8-6(7)9/h4,9H2,1-3H3/q-1. The van der Waals surface area contributed by atoms with E-state index in [4.69, 9.17) is 4.84 Å². The van der Waals surface area contributed by atoms with E-state index in [-0.39, 0.29) is 5.60 Å². The van der Waals surface area contributed by atoms with Crippen molar-refractivity contribution in [2.45, 2.75) is 32.8 Å². The smallest absolute Gasteiger partial charge is 0.0832 e. The molecular formula is C5H13NO2P-. The molecule has 9 heavy (non-hydrogen) atoms. The molecule has 56 valence electrons. The summed E-state index contributed by atoms with van der Waals surface area (Å²) in [4.78, 5) is 5.23. The van der Waals surface area contributed by atoms with Gasteiger partial charge in [-0.3, -0.25) is 0 Å². The minimum absolute atomic E-state index is 0.344. The molecule has 0 aromatic rings. The first-order valence-corrected chi connectivity index (χ1v) is 3.40. The average molecular weight is 150 g/mol. The van der Waals surface area contributed by atoms with Gasteiger partial charge in [0.1, 0.15) is 0 Å². The van der Waals surface area contributed by atoms with Crippen LogP contribution in [0.15, 0.2) is 0 Å². The summed E-state index contributed by atoms with van der Waals surface area (Å²) in [7, 11) is 1.91. The summed E-state index contributed by atoms with van der Waals surface area (Å²) in [6, 6.07) is 0. The van der Waals surface area contributed by atoms with Crippen LogP contribution in [0.4, 0.5) is 0 Å². The third kappa shape index (κ3) is 4.79. The molecule has 0 aliphatic carbocycles. The van der Waals surface area contributed by atoms with Crippen molar-refractivity contribution in [3.63, 3.8) is 0 Å². The van der Waals surface area contributed by atoms with Gasteiger partial charge in [0, 0.05) is 0 Å². The van der Waals surface area contributed by atoms with Gasteiger partial charge in [0.05, 0.1) is 5.60 Å². The van der Waals surface area contributed by atoms with Crippen LogP contribution in [0.5, 0.6) is 0 Å². The van der Waals surface area contributed by atoms with Crippen molar-refractivity contribution in [2.24, 2.45) is 0 Å². The van der Waals surface area contributed by atoms with Crippen LogP contribution in [0.25, 0.3) is 0 Å². The molecule has 0 aliphatic heterocycles. The van der Waals surface area contributed by atoms with E-state index in [2.05, 4.69) is 0 Å². The number of hydrogen-bond donors (Lipinski definition) is 0. The van der Waals surface area contributed by atoms with Crippen LogP contribution in [0.2, 0.25) is 0 Å². The molecule has 3 nitrogen and oxygen atoms in total. The predicted molar refractivity (Wildman–Crippen MR) is 40.4 cm³/mol. The Morgan fingerprint density at radius 2 is 2.11 bits per heavy atom. The van der Waals surface area contributed by atoms with E-state index in [9.17, 15) is 5.21 Å². The molecule has 0 fully saturated rings. The summed E-state index contributed by atoms with van der Waals surface area (Å²) in [5.74, 6) is 0. The predicted octanol–water partition coefficient (Wildman–Crippen LogP) is 1.70. The van der Waals surface area contributed by atoms with Gasteiger partial charge in [-0.2, -0.15) is 0 Å². The molecule has 0 aromatic carbocycles. The zero-order valence-corrected chi connectivity index (χ0v) is 7.20. The first-order valence-electron chi connectivity index (χ1n) is 2.89. The maximum absolute atomic E-state index is 10.3. The van der Waals surface area contributed by atoms with Crippen LogP contribution < -0.4 is 0 Å². The fourth-order valence-corrected chi connectivity index (χ4v) is 0.593. The van der Waals surface area contributed by atoms with Crippen molar-refractivity contribution in [1.82, 2.24) is 5.00 Å². The van der Waals surface area contributed by atoms with Gasteiger partial charge in [0.25, 0.3) is 0 Å². The molecule has 0 amide bonds. The summed E-state index contributed by atoms with van der Waals surface area (Å²) in [6.07, 6.45) is 0.820. The van der Waals surface area contributed by atoms with Crippen LogP contribution in [-0.4, -0.2) is 10.6 Å². The normalized spacial score (nSPS) is 12.7. The maximum Gasteiger partial charge on any atom is 0.0832 e. The van der Waals surface area contributed by atoms with Gasteiger partial charge in [-0.1, -0.05) is 16.3 Å². The second-order valence-corrected chi connectivity index (χ2v) is 2.91. The van der Waals surface area contributed by atoms with Crippen molar-refractivity contribution in [2.75, 3.05) is 0 Å². The third-order valence-electron chi connectivity index (χ3n) is 1.19. The summed E-state index contributed by atoms with van der Waals surface area (Å²) in [6.45, 7) is 5.69. The van der Waals surface area contributed by atoms with E-state index in [1.54, 1.807) is 0 Å². The Hall–Kier alpha value is 0.310. The zero-order valence-electron chi connectivity index (χ0n) is 6.05. The Bertz CT molecular complexity index is 85.0. The van der Waals surface area contributed by atoms with Gasteiger partial charge < -0.3 is 10.0 Å². The fourth-order valence-electron chi connectivity index (χ4n) is 0.308. The lowest BCUT2D eigenvalue weighted by Gasteiger charge is -2.32. The molecule has 1 atom stereocenters. The topological polar surface area (TPSA) is 35.5 Å². The fraction of sp³-hybridized carbons (Fsp3) is 1.00. The number of nitrogens with zero attached hydrogens (tertiary/aromatic N) is 1. The highest BCUT2D eigenvalue weighted by Gasteiger charge is 2.14. The van der Waals surface area contributed by atoms with Gasteiger partial charge >= 0.3 is 0 Å². The van der Waals surface area contributed by atoms with Crippen LogP contribution in [-0.2, 0) is 4.84 Å². The van der Waals surface area contributed by atoms with E-state index >= 15 is 0 Å². The third-order valence-corrected chi connectivity index (χ3v) is 1.29. The lowest BCUT2D eigenvalue weighted by Crippen LogP contribution is -2.27. The van der Waals surface area contributed by atoms with Gasteiger partial charge in [-0.25, -0.2) is 5.00 Å². The van der Waals surface area contributed by atoms with Crippen molar-refractivity contribution in [3.05, 3.63) is 5.21 Å². The van der Waals surface area contributed by atoms with E-state index < -0.39 is 0 Å². The van der Waals surface area contributed by atoms with Crippen molar-refractivity contribution < 1.29 is 4.84 Å². The molecule has 0 heterocycles. The highest BCUT2D eigenvalue weighted by atomic mass is 31.0. The van der Waals surface area contributed by atoms with Crippen LogP contribution in [0.3, 0.4) is 0 Å². The molecule has 0 saturated carbocycles. The minimum atomic E-state index is -0.344. The Kier molecular flexibility index (Phi) is 3.59. The molecule has 0 rings (SSSR count). The van der Waals surface area contributed by atoms with Crippen LogP contribution >= 0.6 is 9.39 Å². The van der Waals surface area contributed by atoms with Gasteiger partial charge in [0.2, 0.25) is 0 Å². The van der Waals surface area contributed by atoms with Gasteiger partial charge in [0.15, 0.2) is 0 Å². The van der Waals surface area contributed by atoms with Crippen LogP contribution in [0.1, 0.15) is 27.2 Å². The molecule has 0 spiro atoms. The number of hydrogen-bond acceptors (Lipinski definition) is 3. The largest absolute Gasteiger partial charge is 0.759 e. The first kappa shape index (κ1) is 9.31. The maximum atomic E-state index is 10.3. The summed E-state index contributed by atoms with van der Waals surface area (Å²) < 4.78 is 0. The minimum Gasteiger partial charge on any atom is -0.759 e. The van der Waals surface area contributed by atoms with E-state index in [0.717, 1.165) is 6.42 Å². The quantitative estimate of drug-likeness (QED) is 0.453. The average Bonchev–Trinajstić information content (AvgIpc) is 1.63. The SMILES string of the molecule is CCC(C)(C)ON([O-])P. The van der Waals surface area contributed by atoms with E-state index in [1.165, 1.54) is 0 Å². The van der Waals surface area contributed by atoms with Crippen molar-refractivity contribution in [1.29, 1.82) is 0 Å². The second-order valence-electron chi connectivity index (χ2n) is 2.49. The zero-order chi connectivity index (χ0) is 7.49. The Morgan fingerprint density at radius 3 is 2.22 bits per heavy atom. The van der Waals surface area contributed by atoms with Gasteiger partial charge in [-0.05, 0) is 20.3 Å². The molecular weight excluding hydrogens is 137 g/mol. The second kappa shape index (κ2) is 3.47. The van der Waals surface area contributed by atoms with Crippen molar-refractivity contribution in [3.8, 4) is 0 Å². The first-order chi connectivity index (χ1) is 3.98. The van der Waals surface area contributed by atoms with Crippen molar-refractivity contribution >= 4 is 9.39 Å². The molecule has 0 aromatic heterocycles. The Morgan fingerprint density at radius 1 is 1.67 bits per heavy atom. The Labute approximate surface area is 58.2 Å². The molecule has 0 saturated heterocycles. The lowest BCUT2D eigenvalue weighted by atomic mass is 10.1. The lowest BCUT2D eigenvalue weighted by molar-refractivity contribution is -0.148. The molecule has 0 radical (unpaired) electrons.